The van der Waals surface area contributed by atoms with E-state index in [0.29, 0.717) is 0 Å². The van der Waals surface area contributed by atoms with E-state index in [0.717, 1.165) is 24.3 Å². The SMILES string of the molecule is O=C1C=Cc2oc(-c3cc(O)c(O)c(O)c3)c(O)c2C1(O)O. The summed E-state index contributed by atoms with van der Waals surface area (Å²) in [5.74, 6) is -7.32. The lowest BCUT2D eigenvalue weighted by Crippen LogP contribution is -2.36. The van der Waals surface area contributed by atoms with Gasteiger partial charge in [-0.05, 0) is 24.3 Å². The summed E-state index contributed by atoms with van der Waals surface area (Å²) >= 11 is 0. The molecular weight excluding hydrogens is 296 g/mol. The Balaban J connectivity index is 2.24. The predicted octanol–water partition coefficient (Wildman–Crippen LogP) is 0.502. The highest BCUT2D eigenvalue weighted by molar-refractivity contribution is 6.03. The summed E-state index contributed by atoms with van der Waals surface area (Å²) in [7, 11) is 0. The number of benzene rings is 1. The van der Waals surface area contributed by atoms with E-state index in [2.05, 4.69) is 0 Å². The number of aromatic hydroxyl groups is 4. The summed E-state index contributed by atoms with van der Waals surface area (Å²) in [5.41, 5.74) is -0.585. The molecule has 1 aromatic carbocycles. The molecule has 3 rings (SSSR count). The Morgan fingerprint density at radius 1 is 0.909 bits per heavy atom. The number of ketones is 1. The van der Waals surface area contributed by atoms with Crippen LogP contribution in [0, 0.1) is 0 Å². The Kier molecular flexibility index (Phi) is 2.71. The molecule has 0 unspecified atom stereocenters. The van der Waals surface area contributed by atoms with Gasteiger partial charge in [-0.15, -0.1) is 0 Å². The number of hydrogen-bond donors (Lipinski definition) is 6. The fourth-order valence-corrected chi connectivity index (χ4v) is 2.22. The molecule has 6 N–H and O–H groups in total. The summed E-state index contributed by atoms with van der Waals surface area (Å²) < 4.78 is 5.24. The molecule has 0 bridgehead atoms. The van der Waals surface area contributed by atoms with Crippen LogP contribution < -0.4 is 0 Å². The largest absolute Gasteiger partial charge is 0.504 e. The number of phenols is 3. The number of furan rings is 1. The van der Waals surface area contributed by atoms with Crippen molar-refractivity contribution in [3.05, 3.63) is 29.5 Å². The van der Waals surface area contributed by atoms with Crippen molar-refractivity contribution in [3.63, 3.8) is 0 Å². The summed E-state index contributed by atoms with van der Waals surface area (Å²) in [6, 6.07) is 1.97. The molecule has 0 spiro atoms. The van der Waals surface area contributed by atoms with Crippen LogP contribution in [0.1, 0.15) is 11.3 Å². The van der Waals surface area contributed by atoms with E-state index in [9.17, 15) is 35.4 Å². The van der Waals surface area contributed by atoms with Gasteiger partial charge in [0.25, 0.3) is 5.79 Å². The van der Waals surface area contributed by atoms with Crippen molar-refractivity contribution in [1.29, 1.82) is 0 Å². The summed E-state index contributed by atoms with van der Waals surface area (Å²) in [6.45, 7) is 0. The lowest BCUT2D eigenvalue weighted by Gasteiger charge is -2.20. The van der Waals surface area contributed by atoms with Crippen LogP contribution in [0.25, 0.3) is 17.4 Å². The second kappa shape index (κ2) is 4.26. The van der Waals surface area contributed by atoms with Crippen LogP contribution in [0.4, 0.5) is 0 Å². The van der Waals surface area contributed by atoms with Gasteiger partial charge in [-0.1, -0.05) is 0 Å². The van der Waals surface area contributed by atoms with Gasteiger partial charge < -0.3 is 35.1 Å². The quantitative estimate of drug-likeness (QED) is 0.329. The predicted molar refractivity (Wildman–Crippen MR) is 71.0 cm³/mol. The van der Waals surface area contributed by atoms with Crippen LogP contribution in [-0.2, 0) is 10.6 Å². The zero-order valence-electron chi connectivity index (χ0n) is 10.8. The Hall–Kier alpha value is -2.97. The van der Waals surface area contributed by atoms with E-state index in [1.165, 1.54) is 0 Å². The highest BCUT2D eigenvalue weighted by Crippen LogP contribution is 2.47. The minimum absolute atomic E-state index is 0.0450. The summed E-state index contributed by atoms with van der Waals surface area (Å²) in [6.07, 6.45) is 2.02. The average molecular weight is 306 g/mol. The summed E-state index contributed by atoms with van der Waals surface area (Å²) in [4.78, 5) is 11.5. The van der Waals surface area contributed by atoms with Crippen molar-refractivity contribution in [2.24, 2.45) is 0 Å². The van der Waals surface area contributed by atoms with Crippen molar-refractivity contribution < 1.29 is 39.9 Å². The molecule has 1 aliphatic carbocycles. The summed E-state index contributed by atoms with van der Waals surface area (Å²) in [5, 5.41) is 57.9. The van der Waals surface area contributed by atoms with Gasteiger partial charge in [-0.3, -0.25) is 4.79 Å². The van der Waals surface area contributed by atoms with Gasteiger partial charge >= 0.3 is 0 Å². The highest BCUT2D eigenvalue weighted by Gasteiger charge is 2.44. The number of carbonyl (C=O) groups excluding carboxylic acids is 1. The van der Waals surface area contributed by atoms with Gasteiger partial charge in [0.05, 0.1) is 0 Å². The maximum atomic E-state index is 11.5. The molecular formula is C14H10O8. The molecule has 0 saturated carbocycles. The Bertz CT molecular complexity index is 805. The van der Waals surface area contributed by atoms with Gasteiger partial charge in [0.1, 0.15) is 11.3 Å². The maximum Gasteiger partial charge on any atom is 0.263 e. The molecule has 0 amide bonds. The number of phenolic OH excluding ortho intramolecular Hbond substituents is 3. The first-order valence-corrected chi connectivity index (χ1v) is 6.02. The first-order valence-electron chi connectivity index (χ1n) is 6.02. The van der Waals surface area contributed by atoms with Crippen molar-refractivity contribution in [1.82, 2.24) is 0 Å². The van der Waals surface area contributed by atoms with Crippen molar-refractivity contribution >= 4 is 11.9 Å². The van der Waals surface area contributed by atoms with Gasteiger partial charge in [-0.2, -0.15) is 0 Å². The lowest BCUT2D eigenvalue weighted by atomic mass is 9.95. The number of fused-ring (bicyclic) bond motifs is 1. The zero-order chi connectivity index (χ0) is 16.2. The van der Waals surface area contributed by atoms with E-state index in [-0.39, 0.29) is 17.1 Å². The van der Waals surface area contributed by atoms with Crippen LogP contribution in [0.3, 0.4) is 0 Å². The third kappa shape index (κ3) is 1.75. The minimum atomic E-state index is -2.95. The standard InChI is InChI=1S/C14H10O8/c15-6-3-5(4-7(16)11(6)18)13-12(19)10-8(22-13)1-2-9(17)14(10,20)21/h1-4,15-16,18-21H. The van der Waals surface area contributed by atoms with Crippen molar-refractivity contribution in [3.8, 4) is 34.3 Å². The van der Waals surface area contributed by atoms with Crippen LogP contribution in [0.5, 0.6) is 23.0 Å². The highest BCUT2D eigenvalue weighted by atomic mass is 16.5. The normalized spacial score (nSPS) is 15.8. The molecule has 2 aromatic rings. The molecule has 1 aromatic heterocycles. The van der Waals surface area contributed by atoms with E-state index in [4.69, 9.17) is 4.42 Å². The molecule has 0 radical (unpaired) electrons. The number of hydrogen-bond acceptors (Lipinski definition) is 8. The minimum Gasteiger partial charge on any atom is -0.504 e. The first-order chi connectivity index (χ1) is 10.2. The van der Waals surface area contributed by atoms with E-state index in [1.807, 2.05) is 0 Å². The fourth-order valence-electron chi connectivity index (χ4n) is 2.22. The lowest BCUT2D eigenvalue weighted by molar-refractivity contribution is -0.183. The van der Waals surface area contributed by atoms with Crippen molar-refractivity contribution in [2.75, 3.05) is 0 Å². The number of carbonyl (C=O) groups is 1. The van der Waals surface area contributed by atoms with Crippen LogP contribution in [0.2, 0.25) is 0 Å². The van der Waals surface area contributed by atoms with Crippen LogP contribution >= 0.6 is 0 Å². The Labute approximate surface area is 122 Å². The molecule has 22 heavy (non-hydrogen) atoms. The topological polar surface area (TPSA) is 152 Å². The molecule has 0 saturated heterocycles. The fraction of sp³-hybridized carbons (Fsp3) is 0.0714. The molecule has 8 heteroatoms. The first kappa shape index (κ1) is 14.0. The number of rotatable bonds is 1. The van der Waals surface area contributed by atoms with Gasteiger partial charge in [0, 0.05) is 5.56 Å². The zero-order valence-corrected chi connectivity index (χ0v) is 10.8. The number of aliphatic hydroxyl groups is 2. The molecule has 0 fully saturated rings. The molecule has 0 atom stereocenters. The van der Waals surface area contributed by atoms with Crippen molar-refractivity contribution in [2.45, 2.75) is 5.79 Å². The Morgan fingerprint density at radius 3 is 2.09 bits per heavy atom. The molecule has 114 valence electrons. The Morgan fingerprint density at radius 2 is 1.50 bits per heavy atom. The van der Waals surface area contributed by atoms with E-state index >= 15 is 0 Å². The van der Waals surface area contributed by atoms with Crippen LogP contribution in [0.15, 0.2) is 22.6 Å². The van der Waals surface area contributed by atoms with E-state index < -0.39 is 40.1 Å². The van der Waals surface area contributed by atoms with Gasteiger partial charge in [0.2, 0.25) is 5.78 Å². The second-order valence-electron chi connectivity index (χ2n) is 4.75. The molecule has 1 aliphatic rings. The third-order valence-electron chi connectivity index (χ3n) is 3.32. The molecule has 8 nitrogen and oxygen atoms in total. The van der Waals surface area contributed by atoms with E-state index in [1.54, 1.807) is 0 Å². The third-order valence-corrected chi connectivity index (χ3v) is 3.32. The van der Waals surface area contributed by atoms with Crippen LogP contribution in [-0.4, -0.2) is 36.4 Å². The molecule has 1 heterocycles. The van der Waals surface area contributed by atoms with Gasteiger partial charge in [0.15, 0.2) is 28.8 Å². The maximum absolute atomic E-state index is 11.5. The second-order valence-corrected chi connectivity index (χ2v) is 4.75. The monoisotopic (exact) mass is 306 g/mol. The smallest absolute Gasteiger partial charge is 0.263 e. The molecule has 0 aliphatic heterocycles. The average Bonchev–Trinajstić information content (AvgIpc) is 2.78. The van der Waals surface area contributed by atoms with Gasteiger partial charge in [-0.25, -0.2) is 0 Å².